The second-order valence-electron chi connectivity index (χ2n) is 9.04. The van der Waals surface area contributed by atoms with Crippen LogP contribution in [0, 0.1) is 0 Å². The molecule has 0 saturated carbocycles. The molecule has 2 aliphatic heterocycles. The van der Waals surface area contributed by atoms with Gasteiger partial charge in [0.1, 0.15) is 17.8 Å². The zero-order chi connectivity index (χ0) is 25.9. The molecule has 2 heterocycles. The van der Waals surface area contributed by atoms with Crippen molar-refractivity contribution < 1.29 is 27.5 Å². The minimum Gasteiger partial charge on any atom is -0.495 e. The number of anilines is 1. The molecule has 10 nitrogen and oxygen atoms in total. The summed E-state index contributed by atoms with van der Waals surface area (Å²) in [6.07, 6.45) is 3.57. The van der Waals surface area contributed by atoms with E-state index in [4.69, 9.17) is 4.74 Å². The van der Waals surface area contributed by atoms with Gasteiger partial charge in [-0.15, -0.1) is 0 Å². The first kappa shape index (κ1) is 25.6. The molecule has 2 saturated heterocycles. The lowest BCUT2D eigenvalue weighted by molar-refractivity contribution is -0.133. The molecule has 11 heteroatoms. The number of rotatable bonds is 7. The van der Waals surface area contributed by atoms with Gasteiger partial charge >= 0.3 is 6.03 Å². The van der Waals surface area contributed by atoms with Crippen molar-refractivity contribution in [2.75, 3.05) is 32.1 Å². The maximum Gasteiger partial charge on any atom is 0.325 e. The summed E-state index contributed by atoms with van der Waals surface area (Å²) >= 11 is 0. The van der Waals surface area contributed by atoms with Gasteiger partial charge in [0.15, 0.2) is 0 Å². The zero-order valence-electron chi connectivity index (χ0n) is 20.3. The number of urea groups is 1. The monoisotopic (exact) mass is 514 g/mol. The number of nitrogens with zero attached hydrogens (tertiary/aromatic N) is 2. The number of imide groups is 1. The first-order valence-corrected chi connectivity index (χ1v) is 13.3. The summed E-state index contributed by atoms with van der Waals surface area (Å²) < 4.78 is 33.2. The normalized spacial score (nSPS) is 21.1. The second-order valence-corrected chi connectivity index (χ2v) is 11.0. The number of methoxy groups -OCH3 is 1. The molecule has 4 rings (SSSR count). The highest BCUT2D eigenvalue weighted by Crippen LogP contribution is 2.31. The Morgan fingerprint density at radius 2 is 1.72 bits per heavy atom. The van der Waals surface area contributed by atoms with Gasteiger partial charge in [-0.25, -0.2) is 13.2 Å². The molecule has 2 aliphatic rings. The van der Waals surface area contributed by atoms with Gasteiger partial charge in [-0.1, -0.05) is 43.2 Å². The van der Waals surface area contributed by atoms with Crippen molar-refractivity contribution in [3.8, 4) is 5.75 Å². The number of hydrogen-bond acceptors (Lipinski definition) is 6. The Bertz CT molecular complexity index is 1260. The third kappa shape index (κ3) is 4.93. The fourth-order valence-electron chi connectivity index (χ4n) is 4.52. The zero-order valence-corrected chi connectivity index (χ0v) is 21.1. The number of sulfonamides is 1. The van der Waals surface area contributed by atoms with Crippen molar-refractivity contribution in [3.63, 3.8) is 0 Å². The van der Waals surface area contributed by atoms with Crippen LogP contribution in [0.4, 0.5) is 10.5 Å². The molecule has 4 amide bonds. The third-order valence-electron chi connectivity index (χ3n) is 6.58. The molecule has 36 heavy (non-hydrogen) atoms. The summed E-state index contributed by atoms with van der Waals surface area (Å²) in [6.45, 7) is 1.94. The Kier molecular flexibility index (Phi) is 7.32. The van der Waals surface area contributed by atoms with Crippen LogP contribution in [0.2, 0.25) is 0 Å². The lowest BCUT2D eigenvalue weighted by Gasteiger charge is -2.22. The average molecular weight is 515 g/mol. The molecule has 192 valence electrons. The minimum absolute atomic E-state index is 0.0344. The van der Waals surface area contributed by atoms with Crippen LogP contribution >= 0.6 is 0 Å². The maximum absolute atomic E-state index is 13.2. The number of ether oxygens (including phenoxy) is 1. The van der Waals surface area contributed by atoms with E-state index >= 15 is 0 Å². The van der Waals surface area contributed by atoms with Crippen LogP contribution in [0.15, 0.2) is 53.4 Å². The predicted molar refractivity (Wildman–Crippen MR) is 133 cm³/mol. The maximum atomic E-state index is 13.2. The quantitative estimate of drug-likeness (QED) is 0.548. The summed E-state index contributed by atoms with van der Waals surface area (Å²) in [4.78, 5) is 39.4. The van der Waals surface area contributed by atoms with Crippen LogP contribution in [0.1, 0.15) is 38.2 Å². The van der Waals surface area contributed by atoms with E-state index in [0.717, 1.165) is 30.6 Å². The highest BCUT2D eigenvalue weighted by atomic mass is 32.2. The van der Waals surface area contributed by atoms with Gasteiger partial charge in [0.05, 0.1) is 17.7 Å². The van der Waals surface area contributed by atoms with E-state index in [1.807, 2.05) is 0 Å². The Hall–Kier alpha value is -3.44. The molecular formula is C25H30N4O6S. The fourth-order valence-corrected chi connectivity index (χ4v) is 6.06. The predicted octanol–water partition coefficient (Wildman–Crippen LogP) is 2.67. The van der Waals surface area contributed by atoms with Crippen molar-refractivity contribution in [3.05, 3.63) is 54.1 Å². The SMILES string of the molecule is COc1ccc(S(=O)(=O)N2CCCCCC2)cc1NC(=O)CN1C(=O)N[C@@](C)(c2ccccc2)C1=O. The van der Waals surface area contributed by atoms with Crippen molar-refractivity contribution in [1.82, 2.24) is 14.5 Å². The third-order valence-corrected chi connectivity index (χ3v) is 8.47. The number of amides is 4. The molecule has 0 bridgehead atoms. The minimum atomic E-state index is -3.76. The fraction of sp³-hybridized carbons (Fsp3) is 0.400. The summed E-state index contributed by atoms with van der Waals surface area (Å²) in [5, 5.41) is 5.26. The number of carbonyl (C=O) groups is 3. The number of nitrogens with one attached hydrogen (secondary N) is 2. The largest absolute Gasteiger partial charge is 0.495 e. The van der Waals surface area contributed by atoms with Crippen LogP contribution in [0.25, 0.3) is 0 Å². The molecule has 0 aliphatic carbocycles. The number of hydrogen-bond donors (Lipinski definition) is 2. The average Bonchev–Trinajstić information content (AvgIpc) is 3.06. The number of carbonyl (C=O) groups excluding carboxylic acids is 3. The molecule has 0 unspecified atom stereocenters. The van der Waals surface area contributed by atoms with Gasteiger partial charge in [0, 0.05) is 13.1 Å². The first-order chi connectivity index (χ1) is 17.2. The van der Waals surface area contributed by atoms with Crippen LogP contribution in [0.5, 0.6) is 5.75 Å². The van der Waals surface area contributed by atoms with E-state index in [1.165, 1.54) is 29.6 Å². The van der Waals surface area contributed by atoms with E-state index in [1.54, 1.807) is 37.3 Å². The van der Waals surface area contributed by atoms with Crippen LogP contribution in [0.3, 0.4) is 0 Å². The van der Waals surface area contributed by atoms with E-state index < -0.39 is 40.0 Å². The summed E-state index contributed by atoms with van der Waals surface area (Å²) in [5.74, 6) is -0.971. The Morgan fingerprint density at radius 3 is 2.36 bits per heavy atom. The van der Waals surface area contributed by atoms with Crippen molar-refractivity contribution in [1.29, 1.82) is 0 Å². The summed E-state index contributed by atoms with van der Waals surface area (Å²) in [5.41, 5.74) is -0.562. The van der Waals surface area contributed by atoms with Gasteiger partial charge < -0.3 is 15.4 Å². The van der Waals surface area contributed by atoms with Gasteiger partial charge in [-0.2, -0.15) is 4.31 Å². The van der Waals surface area contributed by atoms with Gasteiger partial charge in [0.25, 0.3) is 5.91 Å². The molecule has 2 aromatic rings. The van der Waals surface area contributed by atoms with E-state index in [-0.39, 0.29) is 16.3 Å². The lowest BCUT2D eigenvalue weighted by Crippen LogP contribution is -2.42. The van der Waals surface area contributed by atoms with Crippen molar-refractivity contribution >= 4 is 33.6 Å². The van der Waals surface area contributed by atoms with E-state index in [0.29, 0.717) is 18.7 Å². The molecule has 1 atom stereocenters. The molecular weight excluding hydrogens is 484 g/mol. The standard InChI is InChI=1S/C25H30N4O6S/c1-25(18-10-6-5-7-11-18)23(31)29(24(32)27-25)17-22(30)26-20-16-19(12-13-21(20)35-2)36(33,34)28-14-8-3-4-9-15-28/h5-7,10-13,16H,3-4,8-9,14-15,17H2,1-2H3,(H,26,30)(H,27,32)/t25-/m0/s1. The molecule has 2 aromatic carbocycles. The van der Waals surface area contributed by atoms with Gasteiger partial charge in [0.2, 0.25) is 15.9 Å². The Morgan fingerprint density at radius 1 is 1.06 bits per heavy atom. The van der Waals surface area contributed by atoms with E-state index in [9.17, 15) is 22.8 Å². The highest BCUT2D eigenvalue weighted by molar-refractivity contribution is 7.89. The van der Waals surface area contributed by atoms with Crippen LogP contribution in [-0.2, 0) is 25.2 Å². The second kappa shape index (κ2) is 10.3. The van der Waals surface area contributed by atoms with Crippen LogP contribution in [-0.4, -0.2) is 62.2 Å². The highest BCUT2D eigenvalue weighted by Gasteiger charge is 2.49. The van der Waals surface area contributed by atoms with Gasteiger partial charge in [-0.3, -0.25) is 14.5 Å². The van der Waals surface area contributed by atoms with Crippen LogP contribution < -0.4 is 15.4 Å². The Labute approximate surface area is 210 Å². The topological polar surface area (TPSA) is 125 Å². The smallest absolute Gasteiger partial charge is 0.325 e. The van der Waals surface area contributed by atoms with E-state index in [2.05, 4.69) is 10.6 Å². The molecule has 0 aromatic heterocycles. The van der Waals surface area contributed by atoms with Crippen molar-refractivity contribution in [2.24, 2.45) is 0 Å². The molecule has 0 spiro atoms. The molecule has 2 fully saturated rings. The lowest BCUT2D eigenvalue weighted by atomic mass is 9.92. The molecule has 0 radical (unpaired) electrons. The number of benzene rings is 2. The summed E-state index contributed by atoms with van der Waals surface area (Å²) in [7, 11) is -2.36. The molecule has 2 N–H and O–H groups in total. The van der Waals surface area contributed by atoms with Crippen molar-refractivity contribution in [2.45, 2.75) is 43.0 Å². The Balaban J connectivity index is 1.52. The van der Waals surface area contributed by atoms with Gasteiger partial charge in [-0.05, 0) is 43.5 Å². The summed E-state index contributed by atoms with van der Waals surface area (Å²) in [6, 6.07) is 12.3. The first-order valence-electron chi connectivity index (χ1n) is 11.8.